The molecule has 1 saturated carbocycles. The van der Waals surface area contributed by atoms with Crippen LogP contribution in [0.1, 0.15) is 65.0 Å². The molecule has 2 saturated heterocycles. The minimum absolute atomic E-state index is 0.0359. The molecule has 1 unspecified atom stereocenters. The van der Waals surface area contributed by atoms with Crippen LogP contribution in [-0.4, -0.2) is 96.9 Å². The van der Waals surface area contributed by atoms with Gasteiger partial charge in [-0.3, -0.25) is 29.7 Å². The lowest BCUT2D eigenvalue weighted by atomic mass is 9.55. The van der Waals surface area contributed by atoms with E-state index in [4.69, 9.17) is 25.9 Å². The quantitative estimate of drug-likeness (QED) is 0.255. The minimum atomic E-state index is -1.56. The van der Waals surface area contributed by atoms with E-state index in [9.17, 15) is 19.8 Å². The van der Waals surface area contributed by atoms with Gasteiger partial charge in [0.25, 0.3) is 0 Å². The molecule has 3 fully saturated rings. The van der Waals surface area contributed by atoms with Crippen molar-refractivity contribution < 1.29 is 34.1 Å². The molecule has 7 rings (SSSR count). The van der Waals surface area contributed by atoms with Gasteiger partial charge in [0.05, 0.1) is 10.7 Å². The van der Waals surface area contributed by atoms with Crippen LogP contribution in [0.3, 0.4) is 0 Å². The average molecular weight is 751 g/mol. The molecular formula is C41H55ClN4O7. The lowest BCUT2D eigenvalue weighted by Gasteiger charge is -2.56. The maximum Gasteiger partial charge on any atom is 0.323 e. The van der Waals surface area contributed by atoms with Crippen LogP contribution in [0.25, 0.3) is 0 Å². The number of nitrogens with one attached hydrogen (secondary N) is 1. The number of fused-ring (bicyclic) bond motifs is 4. The minimum Gasteiger partial charge on any atom is -0.454 e. The van der Waals surface area contributed by atoms with Gasteiger partial charge in [-0.2, -0.15) is 0 Å². The Hall–Kier alpha value is -3.19. The molecule has 0 aromatic heterocycles. The average Bonchev–Trinajstić information content (AvgIpc) is 3.48. The van der Waals surface area contributed by atoms with Crippen molar-refractivity contribution in [3.05, 3.63) is 70.3 Å². The summed E-state index contributed by atoms with van der Waals surface area (Å²) in [5.74, 6) is -1.39. The molecule has 0 spiro atoms. The van der Waals surface area contributed by atoms with E-state index in [1.807, 2.05) is 13.8 Å². The number of hydroxylamine groups is 1. The van der Waals surface area contributed by atoms with Gasteiger partial charge in [0.1, 0.15) is 17.2 Å². The molecule has 0 amide bonds. The third-order valence-corrected chi connectivity index (χ3v) is 13.2. The molecule has 10 atom stereocenters. The number of aryl methyl sites for hydroxylation is 1. The fourth-order valence-electron chi connectivity index (χ4n) is 9.99. The van der Waals surface area contributed by atoms with Crippen molar-refractivity contribution in [2.45, 2.75) is 96.0 Å². The Labute approximate surface area is 318 Å². The van der Waals surface area contributed by atoms with Crippen molar-refractivity contribution >= 4 is 34.9 Å². The highest BCUT2D eigenvalue weighted by Gasteiger charge is 2.62. The summed E-state index contributed by atoms with van der Waals surface area (Å²) in [4.78, 5) is 37.7. The summed E-state index contributed by atoms with van der Waals surface area (Å²) in [6.07, 6.45) is 1.66. The van der Waals surface area contributed by atoms with Crippen LogP contribution in [0.4, 0.5) is 11.4 Å². The Bertz CT molecular complexity index is 1730. The number of anilines is 2. The van der Waals surface area contributed by atoms with Crippen molar-refractivity contribution in [1.29, 1.82) is 0 Å². The van der Waals surface area contributed by atoms with Crippen LogP contribution in [0.15, 0.2) is 54.1 Å². The van der Waals surface area contributed by atoms with Crippen molar-refractivity contribution in [2.24, 2.45) is 23.7 Å². The largest absolute Gasteiger partial charge is 0.454 e. The number of esters is 2. The maximum absolute atomic E-state index is 14.2. The van der Waals surface area contributed by atoms with E-state index in [0.717, 1.165) is 57.6 Å². The molecule has 3 N–H and O–H groups in total. The first-order valence-corrected chi connectivity index (χ1v) is 19.7. The predicted molar refractivity (Wildman–Crippen MR) is 203 cm³/mol. The highest BCUT2D eigenvalue weighted by molar-refractivity contribution is 6.33. The van der Waals surface area contributed by atoms with E-state index in [2.05, 4.69) is 59.3 Å². The SMILES string of the molecule is CCc1ccccc1N1CCN(CC(C)[C@@H]2CC[C@@H](C)[C@@]3(O)[C@@H]2C=C(C)[C@@H](OC(C)=O)[C@@H]3OC(=O)[C@@H]2C[C@@]3(O)c4cccc(Cl)c4N(C)O[C@H]3N2)CC1. The first-order valence-electron chi connectivity index (χ1n) is 19.3. The zero-order valence-corrected chi connectivity index (χ0v) is 32.5. The molecule has 288 valence electrons. The third kappa shape index (κ3) is 6.76. The normalized spacial score (nSPS) is 34.7. The molecule has 3 aliphatic heterocycles. The number of nitrogens with zero attached hydrogens (tertiary/aromatic N) is 3. The van der Waals surface area contributed by atoms with Crippen LogP contribution < -0.4 is 15.3 Å². The fourth-order valence-corrected chi connectivity index (χ4v) is 10.3. The number of piperazine rings is 1. The first-order chi connectivity index (χ1) is 25.3. The molecule has 0 bridgehead atoms. The number of carbonyl (C=O) groups excluding carboxylic acids is 2. The lowest BCUT2D eigenvalue weighted by molar-refractivity contribution is -0.225. The van der Waals surface area contributed by atoms with Crippen molar-refractivity contribution in [3.63, 3.8) is 0 Å². The maximum atomic E-state index is 14.2. The number of ether oxygens (including phenoxy) is 2. The monoisotopic (exact) mass is 750 g/mol. The second-order valence-electron chi connectivity index (χ2n) is 16.1. The van der Waals surface area contributed by atoms with Gasteiger partial charge in [0, 0.05) is 70.3 Å². The smallest absolute Gasteiger partial charge is 0.323 e. The Balaban J connectivity index is 1.10. The summed E-state index contributed by atoms with van der Waals surface area (Å²) in [5, 5.41) is 29.9. The molecule has 2 aromatic carbocycles. The van der Waals surface area contributed by atoms with Gasteiger partial charge in [0.15, 0.2) is 18.4 Å². The topological polar surface area (TPSA) is 124 Å². The summed E-state index contributed by atoms with van der Waals surface area (Å²) in [6, 6.07) is 13.0. The van der Waals surface area contributed by atoms with E-state index in [0.29, 0.717) is 16.3 Å². The lowest BCUT2D eigenvalue weighted by Crippen LogP contribution is -2.66. The highest BCUT2D eigenvalue weighted by atomic mass is 35.5. The van der Waals surface area contributed by atoms with Gasteiger partial charge in [0.2, 0.25) is 0 Å². The molecule has 2 aromatic rings. The molecule has 5 aliphatic rings. The third-order valence-electron chi connectivity index (χ3n) is 12.9. The molecule has 0 radical (unpaired) electrons. The molecule has 2 aliphatic carbocycles. The van der Waals surface area contributed by atoms with Gasteiger partial charge in [-0.05, 0) is 67.2 Å². The van der Waals surface area contributed by atoms with Gasteiger partial charge in [-0.25, -0.2) is 0 Å². The number of hydrogen-bond acceptors (Lipinski definition) is 11. The van der Waals surface area contributed by atoms with E-state index in [-0.39, 0.29) is 30.1 Å². The zero-order valence-electron chi connectivity index (χ0n) is 31.8. The Morgan fingerprint density at radius 1 is 1.08 bits per heavy atom. The van der Waals surface area contributed by atoms with Crippen molar-refractivity contribution in [1.82, 2.24) is 10.2 Å². The van der Waals surface area contributed by atoms with Crippen LogP contribution in [-0.2, 0) is 35.9 Å². The summed E-state index contributed by atoms with van der Waals surface area (Å²) >= 11 is 6.49. The molecule has 53 heavy (non-hydrogen) atoms. The van der Waals surface area contributed by atoms with E-state index >= 15 is 0 Å². The second-order valence-corrected chi connectivity index (χ2v) is 16.5. The number of rotatable bonds is 8. The summed E-state index contributed by atoms with van der Waals surface area (Å²) in [5.41, 5.74) is 1.48. The number of halogens is 1. The molecule has 12 heteroatoms. The van der Waals surface area contributed by atoms with Gasteiger partial charge in [-0.1, -0.05) is 68.8 Å². The molecule has 11 nitrogen and oxygen atoms in total. The summed E-state index contributed by atoms with van der Waals surface area (Å²) < 4.78 is 12.2. The fraction of sp³-hybridized carbons (Fsp3) is 0.610. The summed E-state index contributed by atoms with van der Waals surface area (Å²) in [6.45, 7) is 14.4. The van der Waals surface area contributed by atoms with Gasteiger partial charge in [-0.15, -0.1) is 0 Å². The number of carbonyl (C=O) groups is 2. The van der Waals surface area contributed by atoms with Crippen LogP contribution in [0, 0.1) is 23.7 Å². The standard InChI is InChI=1S/C41H55ClN4O7/c1-7-28-11-8-9-14-34(28)46-19-17-45(18-20-46)23-25(3)29-16-15-26(4)41(50)31(29)21-24(2)36(51-27(5)47)37(41)52-38(48)33-22-40(49)30-12-10-13-32(42)35(30)44(6)53-39(40)43-33/h8-14,21,25-26,29,31,33,36-37,39,43,49-50H,7,15-20,22-23H2,1-6H3/t25?,26-,29+,31-,33+,36-,37+,39-,40-,41-/m1/s1. The summed E-state index contributed by atoms with van der Waals surface area (Å²) in [7, 11) is 1.70. The van der Waals surface area contributed by atoms with Crippen LogP contribution in [0.5, 0.6) is 0 Å². The number of hydrogen-bond donors (Lipinski definition) is 3. The van der Waals surface area contributed by atoms with E-state index in [1.54, 1.807) is 25.2 Å². The number of aliphatic hydroxyl groups is 2. The Morgan fingerprint density at radius 2 is 1.81 bits per heavy atom. The zero-order chi connectivity index (χ0) is 37.8. The Kier molecular flexibility index (Phi) is 10.6. The van der Waals surface area contributed by atoms with Crippen LogP contribution >= 0.6 is 11.6 Å². The van der Waals surface area contributed by atoms with E-state index < -0.39 is 47.6 Å². The second kappa shape index (κ2) is 14.8. The first kappa shape index (κ1) is 38.1. The molecule has 3 heterocycles. The number of benzene rings is 2. The van der Waals surface area contributed by atoms with E-state index in [1.165, 1.54) is 23.2 Å². The van der Waals surface area contributed by atoms with Crippen molar-refractivity contribution in [3.8, 4) is 0 Å². The number of para-hydroxylation sites is 2. The molecular weight excluding hydrogens is 696 g/mol. The predicted octanol–water partition coefficient (Wildman–Crippen LogP) is 4.81. The van der Waals surface area contributed by atoms with Crippen molar-refractivity contribution in [2.75, 3.05) is 49.7 Å². The van der Waals surface area contributed by atoms with Gasteiger partial charge >= 0.3 is 11.9 Å². The van der Waals surface area contributed by atoms with Crippen LogP contribution in [0.2, 0.25) is 5.02 Å². The highest BCUT2D eigenvalue weighted by Crippen LogP contribution is 2.53. The van der Waals surface area contributed by atoms with Gasteiger partial charge < -0.3 is 24.6 Å². The Morgan fingerprint density at radius 3 is 2.53 bits per heavy atom.